The van der Waals surface area contributed by atoms with Gasteiger partial charge < -0.3 is 4.74 Å². The molecule has 1 aromatic carbocycles. The molecule has 13 heavy (non-hydrogen) atoms. The van der Waals surface area contributed by atoms with Crippen LogP contribution in [-0.2, 0) is 4.74 Å². The minimum absolute atomic E-state index is 0.00639. The molecular weight excluding hydrogens is 232 g/mol. The maximum atomic E-state index is 11.4. The van der Waals surface area contributed by atoms with Gasteiger partial charge in [-0.3, -0.25) is 4.79 Å². The Bertz CT molecular complexity index is 300. The number of methoxy groups -OCH3 is 1. The molecule has 0 unspecified atom stereocenters. The number of rotatable bonds is 3. The van der Waals surface area contributed by atoms with E-state index in [0.717, 1.165) is 10.0 Å². The Hall–Kier alpha value is -0.670. The molecule has 0 amide bonds. The third-order valence-electron chi connectivity index (χ3n) is 1.64. The predicted molar refractivity (Wildman–Crippen MR) is 55.1 cm³/mol. The molecule has 0 aliphatic rings. The molecule has 0 heterocycles. The standard InChI is InChI=1S/C10H11BrO2/c1-7-3-8(5-9(11)4-7)10(12)6-13-2/h3-5H,6H2,1-2H3. The predicted octanol–water partition coefficient (Wildman–Crippen LogP) is 2.59. The van der Waals surface area contributed by atoms with Crippen LogP contribution in [0.15, 0.2) is 22.7 Å². The molecule has 0 aliphatic heterocycles. The maximum absolute atomic E-state index is 11.4. The monoisotopic (exact) mass is 242 g/mol. The summed E-state index contributed by atoms with van der Waals surface area (Å²) in [4.78, 5) is 11.4. The molecule has 0 saturated carbocycles. The number of ether oxygens (including phenoxy) is 1. The van der Waals surface area contributed by atoms with Crippen molar-refractivity contribution in [3.05, 3.63) is 33.8 Å². The third-order valence-corrected chi connectivity index (χ3v) is 2.10. The molecule has 0 N–H and O–H groups in total. The molecule has 3 heteroatoms. The molecule has 70 valence electrons. The second-order valence-corrected chi connectivity index (χ2v) is 3.79. The van der Waals surface area contributed by atoms with E-state index in [1.165, 1.54) is 7.11 Å². The van der Waals surface area contributed by atoms with E-state index in [2.05, 4.69) is 15.9 Å². The summed E-state index contributed by atoms with van der Waals surface area (Å²) in [6, 6.07) is 5.62. The third kappa shape index (κ3) is 2.94. The highest BCUT2D eigenvalue weighted by atomic mass is 79.9. The molecule has 1 rings (SSSR count). The van der Waals surface area contributed by atoms with Crippen molar-refractivity contribution in [2.24, 2.45) is 0 Å². The van der Waals surface area contributed by atoms with Gasteiger partial charge >= 0.3 is 0 Å². The largest absolute Gasteiger partial charge is 0.377 e. The average Bonchev–Trinajstić information content (AvgIpc) is 2.03. The fourth-order valence-electron chi connectivity index (χ4n) is 1.11. The van der Waals surface area contributed by atoms with Gasteiger partial charge in [-0.25, -0.2) is 0 Å². The summed E-state index contributed by atoms with van der Waals surface area (Å²) in [6.45, 7) is 2.09. The lowest BCUT2D eigenvalue weighted by atomic mass is 10.1. The Labute approximate surface area is 86.0 Å². The zero-order chi connectivity index (χ0) is 9.84. The SMILES string of the molecule is COCC(=O)c1cc(C)cc(Br)c1. The number of benzene rings is 1. The summed E-state index contributed by atoms with van der Waals surface area (Å²) in [5.74, 6) is 0.00639. The summed E-state index contributed by atoms with van der Waals surface area (Å²) in [5, 5.41) is 0. The number of aryl methyl sites for hydroxylation is 1. The summed E-state index contributed by atoms with van der Waals surface area (Å²) in [6.07, 6.45) is 0. The van der Waals surface area contributed by atoms with Crippen LogP contribution in [0.25, 0.3) is 0 Å². The number of carbonyl (C=O) groups is 1. The van der Waals surface area contributed by atoms with E-state index in [1.54, 1.807) is 6.07 Å². The van der Waals surface area contributed by atoms with E-state index in [-0.39, 0.29) is 12.4 Å². The Morgan fingerprint density at radius 2 is 2.15 bits per heavy atom. The van der Waals surface area contributed by atoms with Crippen LogP contribution in [-0.4, -0.2) is 19.5 Å². The van der Waals surface area contributed by atoms with E-state index < -0.39 is 0 Å². The normalized spacial score (nSPS) is 10.1. The van der Waals surface area contributed by atoms with Crippen LogP contribution in [0.4, 0.5) is 0 Å². The van der Waals surface area contributed by atoms with E-state index in [4.69, 9.17) is 4.74 Å². The lowest BCUT2D eigenvalue weighted by Crippen LogP contribution is -2.07. The van der Waals surface area contributed by atoms with Crippen molar-refractivity contribution in [1.29, 1.82) is 0 Å². The average molecular weight is 243 g/mol. The van der Waals surface area contributed by atoms with Crippen LogP contribution in [0, 0.1) is 6.92 Å². The smallest absolute Gasteiger partial charge is 0.188 e. The zero-order valence-electron chi connectivity index (χ0n) is 7.63. The second-order valence-electron chi connectivity index (χ2n) is 2.87. The number of ketones is 1. The van der Waals surface area contributed by atoms with Gasteiger partial charge in [0.1, 0.15) is 6.61 Å². The number of Topliss-reactive ketones (excluding diaryl/α,β-unsaturated/α-hetero) is 1. The van der Waals surface area contributed by atoms with Crippen LogP contribution >= 0.6 is 15.9 Å². The highest BCUT2D eigenvalue weighted by Gasteiger charge is 2.05. The van der Waals surface area contributed by atoms with Gasteiger partial charge in [0.2, 0.25) is 0 Å². The topological polar surface area (TPSA) is 26.3 Å². The molecule has 1 aromatic rings. The summed E-state index contributed by atoms with van der Waals surface area (Å²) < 4.78 is 5.70. The summed E-state index contributed by atoms with van der Waals surface area (Å²) in [5.41, 5.74) is 1.75. The zero-order valence-corrected chi connectivity index (χ0v) is 9.22. The Balaban J connectivity index is 2.94. The van der Waals surface area contributed by atoms with Crippen LogP contribution in [0.3, 0.4) is 0 Å². The van der Waals surface area contributed by atoms with Crippen molar-refractivity contribution in [1.82, 2.24) is 0 Å². The van der Waals surface area contributed by atoms with E-state index >= 15 is 0 Å². The molecule has 2 nitrogen and oxygen atoms in total. The van der Waals surface area contributed by atoms with Crippen molar-refractivity contribution in [3.8, 4) is 0 Å². The lowest BCUT2D eigenvalue weighted by molar-refractivity contribution is 0.0848. The quantitative estimate of drug-likeness (QED) is 0.762. The van der Waals surface area contributed by atoms with Gasteiger partial charge in [0.15, 0.2) is 5.78 Å². The lowest BCUT2D eigenvalue weighted by Gasteiger charge is -2.02. The second kappa shape index (κ2) is 4.53. The highest BCUT2D eigenvalue weighted by molar-refractivity contribution is 9.10. The van der Waals surface area contributed by atoms with Gasteiger partial charge in [0, 0.05) is 17.1 Å². The molecule has 0 aromatic heterocycles. The van der Waals surface area contributed by atoms with E-state index in [1.807, 2.05) is 19.1 Å². The van der Waals surface area contributed by atoms with Gasteiger partial charge in [-0.1, -0.05) is 15.9 Å². The Morgan fingerprint density at radius 3 is 2.69 bits per heavy atom. The van der Waals surface area contributed by atoms with Crippen molar-refractivity contribution < 1.29 is 9.53 Å². The molecule has 0 bridgehead atoms. The van der Waals surface area contributed by atoms with Gasteiger partial charge in [-0.2, -0.15) is 0 Å². The van der Waals surface area contributed by atoms with Crippen molar-refractivity contribution in [2.45, 2.75) is 6.92 Å². The van der Waals surface area contributed by atoms with Gasteiger partial charge in [-0.05, 0) is 30.7 Å². The molecule has 0 spiro atoms. The highest BCUT2D eigenvalue weighted by Crippen LogP contribution is 2.15. The number of hydrogen-bond acceptors (Lipinski definition) is 2. The fourth-order valence-corrected chi connectivity index (χ4v) is 1.72. The van der Waals surface area contributed by atoms with Crippen LogP contribution in [0.5, 0.6) is 0 Å². The molecule has 0 atom stereocenters. The van der Waals surface area contributed by atoms with Gasteiger partial charge in [0.05, 0.1) is 0 Å². The number of halogens is 1. The first kappa shape index (κ1) is 10.4. The first-order valence-electron chi connectivity index (χ1n) is 3.93. The van der Waals surface area contributed by atoms with E-state index in [0.29, 0.717) is 5.56 Å². The molecule has 0 radical (unpaired) electrons. The molecule has 0 saturated heterocycles. The maximum Gasteiger partial charge on any atom is 0.188 e. The summed E-state index contributed by atoms with van der Waals surface area (Å²) in [7, 11) is 1.52. The number of carbonyl (C=O) groups excluding carboxylic acids is 1. The summed E-state index contributed by atoms with van der Waals surface area (Å²) >= 11 is 3.34. The van der Waals surface area contributed by atoms with Crippen molar-refractivity contribution in [3.63, 3.8) is 0 Å². The Kier molecular flexibility index (Phi) is 3.63. The first-order chi connectivity index (χ1) is 6.13. The molecule has 0 aliphatic carbocycles. The first-order valence-corrected chi connectivity index (χ1v) is 4.72. The van der Waals surface area contributed by atoms with E-state index in [9.17, 15) is 4.79 Å². The van der Waals surface area contributed by atoms with Crippen LogP contribution in [0.1, 0.15) is 15.9 Å². The fraction of sp³-hybridized carbons (Fsp3) is 0.300. The molecular formula is C10H11BrO2. The van der Waals surface area contributed by atoms with Gasteiger partial charge in [0.25, 0.3) is 0 Å². The van der Waals surface area contributed by atoms with Crippen LogP contribution in [0.2, 0.25) is 0 Å². The Morgan fingerprint density at radius 1 is 1.46 bits per heavy atom. The number of hydrogen-bond donors (Lipinski definition) is 0. The minimum Gasteiger partial charge on any atom is -0.377 e. The minimum atomic E-state index is 0.00639. The van der Waals surface area contributed by atoms with Crippen molar-refractivity contribution >= 4 is 21.7 Å². The van der Waals surface area contributed by atoms with Crippen LogP contribution < -0.4 is 0 Å². The molecule has 0 fully saturated rings. The van der Waals surface area contributed by atoms with Crippen molar-refractivity contribution in [2.75, 3.05) is 13.7 Å². The van der Waals surface area contributed by atoms with Gasteiger partial charge in [-0.15, -0.1) is 0 Å².